The molecule has 1 saturated carbocycles. The zero-order valence-corrected chi connectivity index (χ0v) is 8.08. The van der Waals surface area contributed by atoms with Gasteiger partial charge in [-0.25, -0.2) is 0 Å². The maximum atomic E-state index is 13.0. The van der Waals surface area contributed by atoms with Crippen LogP contribution in [0, 0.1) is 5.92 Å². The van der Waals surface area contributed by atoms with E-state index in [1.165, 1.54) is 0 Å². The number of hydrogen-bond donors (Lipinski definition) is 1. The third-order valence-electron chi connectivity index (χ3n) is 2.95. The molecule has 16 heavy (non-hydrogen) atoms. The molecule has 1 aliphatic rings. The summed E-state index contributed by atoms with van der Waals surface area (Å²) in [5, 5.41) is 8.84. The molecule has 96 valence electrons. The second kappa shape index (κ2) is 3.24. The van der Waals surface area contributed by atoms with Crippen LogP contribution in [0.2, 0.25) is 0 Å². The molecule has 0 aromatic rings. The topological polar surface area (TPSA) is 20.2 Å². The van der Waals surface area contributed by atoms with E-state index in [-0.39, 0.29) is 0 Å². The van der Waals surface area contributed by atoms with E-state index < -0.39 is 42.4 Å². The van der Waals surface area contributed by atoms with Crippen LogP contribution in [0.5, 0.6) is 0 Å². The van der Waals surface area contributed by atoms with Gasteiger partial charge in [0.25, 0.3) is 0 Å². The highest BCUT2D eigenvalue weighted by Gasteiger charge is 2.84. The summed E-state index contributed by atoms with van der Waals surface area (Å²) < 4.78 is 88.7. The molecule has 0 heterocycles. The Morgan fingerprint density at radius 1 is 1.19 bits per heavy atom. The van der Waals surface area contributed by atoms with Crippen molar-refractivity contribution in [3.63, 3.8) is 0 Å². The molecular weight excluding hydrogens is 245 g/mol. The van der Waals surface area contributed by atoms with Crippen molar-refractivity contribution < 1.29 is 35.8 Å². The molecule has 0 aromatic heterocycles. The van der Waals surface area contributed by atoms with Gasteiger partial charge in [-0.05, 0) is 6.42 Å². The summed E-state index contributed by atoms with van der Waals surface area (Å²) in [5.41, 5.74) is -4.65. The molecule has 1 fully saturated rings. The molecule has 0 aliphatic heterocycles. The van der Waals surface area contributed by atoms with Gasteiger partial charge in [-0.1, -0.05) is 6.92 Å². The molecule has 0 amide bonds. The van der Waals surface area contributed by atoms with Crippen LogP contribution in [0.3, 0.4) is 0 Å². The van der Waals surface area contributed by atoms with Gasteiger partial charge >= 0.3 is 18.0 Å². The SMILES string of the molecule is CCC1CC(O)(C(F)(F)F)C(F)(F)C1(F)F. The average Bonchev–Trinajstić information content (AvgIpc) is 2.23. The normalized spacial score (nSPS) is 37.7. The first-order valence-electron chi connectivity index (χ1n) is 4.46. The van der Waals surface area contributed by atoms with Crippen LogP contribution in [-0.2, 0) is 0 Å². The van der Waals surface area contributed by atoms with E-state index in [2.05, 4.69) is 0 Å². The summed E-state index contributed by atoms with van der Waals surface area (Å²) in [6.07, 6.45) is -8.04. The van der Waals surface area contributed by atoms with Crippen molar-refractivity contribution in [2.45, 2.75) is 43.4 Å². The van der Waals surface area contributed by atoms with Crippen LogP contribution in [-0.4, -0.2) is 28.7 Å². The minimum Gasteiger partial charge on any atom is -0.376 e. The number of halogens is 7. The fraction of sp³-hybridized carbons (Fsp3) is 1.00. The van der Waals surface area contributed by atoms with Crippen molar-refractivity contribution in [2.75, 3.05) is 0 Å². The molecule has 0 spiro atoms. The zero-order valence-electron chi connectivity index (χ0n) is 8.08. The van der Waals surface area contributed by atoms with E-state index in [4.69, 9.17) is 5.11 Å². The summed E-state index contributed by atoms with van der Waals surface area (Å²) >= 11 is 0. The van der Waals surface area contributed by atoms with E-state index in [1.54, 1.807) is 0 Å². The largest absolute Gasteiger partial charge is 0.423 e. The minimum absolute atomic E-state index is 0.568. The van der Waals surface area contributed by atoms with Crippen molar-refractivity contribution in [2.24, 2.45) is 5.92 Å². The van der Waals surface area contributed by atoms with E-state index in [0.29, 0.717) is 0 Å². The number of aliphatic hydroxyl groups is 1. The highest BCUT2D eigenvalue weighted by molar-refractivity contribution is 5.15. The number of hydrogen-bond acceptors (Lipinski definition) is 1. The zero-order chi connectivity index (χ0) is 13.0. The minimum atomic E-state index is -5.79. The summed E-state index contributed by atoms with van der Waals surface area (Å²) in [6, 6.07) is 0. The first-order chi connectivity index (χ1) is 6.92. The highest BCUT2D eigenvalue weighted by Crippen LogP contribution is 2.62. The summed E-state index contributed by atoms with van der Waals surface area (Å²) in [7, 11) is 0. The molecule has 1 aliphatic carbocycles. The lowest BCUT2D eigenvalue weighted by Gasteiger charge is -2.33. The lowest BCUT2D eigenvalue weighted by molar-refractivity contribution is -0.351. The Balaban J connectivity index is 3.28. The van der Waals surface area contributed by atoms with Crippen molar-refractivity contribution in [1.82, 2.24) is 0 Å². The van der Waals surface area contributed by atoms with Gasteiger partial charge in [0, 0.05) is 12.3 Å². The van der Waals surface area contributed by atoms with Crippen molar-refractivity contribution >= 4 is 0 Å². The quantitative estimate of drug-likeness (QED) is 0.713. The monoisotopic (exact) mass is 254 g/mol. The standard InChI is InChI=1S/C8H9F7O/c1-2-4-3-5(16,8(13,14)15)7(11,12)6(4,9)10/h4,16H,2-3H2,1H3. The van der Waals surface area contributed by atoms with Gasteiger partial charge in [-0.3, -0.25) is 0 Å². The molecule has 0 saturated heterocycles. The highest BCUT2D eigenvalue weighted by atomic mass is 19.4. The summed E-state index contributed by atoms with van der Waals surface area (Å²) in [6.45, 7) is 1.07. The van der Waals surface area contributed by atoms with Gasteiger partial charge in [0.15, 0.2) is 0 Å². The van der Waals surface area contributed by atoms with Crippen LogP contribution in [0.15, 0.2) is 0 Å². The van der Waals surface area contributed by atoms with Crippen molar-refractivity contribution in [1.29, 1.82) is 0 Å². The molecule has 8 heteroatoms. The van der Waals surface area contributed by atoms with Gasteiger partial charge in [0.1, 0.15) is 0 Å². The Morgan fingerprint density at radius 2 is 1.62 bits per heavy atom. The van der Waals surface area contributed by atoms with Crippen molar-refractivity contribution in [3.8, 4) is 0 Å². The Labute approximate surface area is 86.2 Å². The maximum absolute atomic E-state index is 13.0. The summed E-state index contributed by atoms with van der Waals surface area (Å²) in [4.78, 5) is 0. The Kier molecular flexibility index (Phi) is 2.74. The molecule has 2 unspecified atom stereocenters. The lowest BCUT2D eigenvalue weighted by Crippen LogP contribution is -2.60. The van der Waals surface area contributed by atoms with Crippen LogP contribution >= 0.6 is 0 Å². The van der Waals surface area contributed by atoms with Crippen LogP contribution in [0.25, 0.3) is 0 Å². The third kappa shape index (κ3) is 1.34. The Morgan fingerprint density at radius 3 is 1.81 bits per heavy atom. The Bertz CT molecular complexity index is 285. The van der Waals surface area contributed by atoms with Gasteiger partial charge in [-0.15, -0.1) is 0 Å². The maximum Gasteiger partial charge on any atom is 0.423 e. The molecule has 1 rings (SSSR count). The number of alkyl halides is 7. The van der Waals surface area contributed by atoms with E-state index in [9.17, 15) is 30.7 Å². The molecule has 0 bridgehead atoms. The smallest absolute Gasteiger partial charge is 0.376 e. The lowest BCUT2D eigenvalue weighted by atomic mass is 9.97. The second-order valence-corrected chi connectivity index (χ2v) is 3.86. The molecule has 1 nitrogen and oxygen atoms in total. The molecule has 1 N–H and O–H groups in total. The Hall–Kier alpha value is -0.530. The first kappa shape index (κ1) is 13.5. The van der Waals surface area contributed by atoms with Crippen LogP contribution in [0.4, 0.5) is 30.7 Å². The average molecular weight is 254 g/mol. The molecule has 2 atom stereocenters. The first-order valence-corrected chi connectivity index (χ1v) is 4.46. The predicted octanol–water partition coefficient (Wildman–Crippen LogP) is 2.98. The van der Waals surface area contributed by atoms with E-state index >= 15 is 0 Å². The predicted molar refractivity (Wildman–Crippen MR) is 39.3 cm³/mol. The van der Waals surface area contributed by atoms with Crippen LogP contribution in [0.1, 0.15) is 19.8 Å². The fourth-order valence-corrected chi connectivity index (χ4v) is 1.84. The van der Waals surface area contributed by atoms with Gasteiger partial charge < -0.3 is 5.11 Å². The fourth-order valence-electron chi connectivity index (χ4n) is 1.84. The molecule has 0 radical (unpaired) electrons. The van der Waals surface area contributed by atoms with Gasteiger partial charge in [-0.2, -0.15) is 30.7 Å². The summed E-state index contributed by atoms with van der Waals surface area (Å²) in [5.74, 6) is -12.5. The van der Waals surface area contributed by atoms with Crippen LogP contribution < -0.4 is 0 Å². The van der Waals surface area contributed by atoms with Crippen molar-refractivity contribution in [3.05, 3.63) is 0 Å². The number of rotatable bonds is 1. The van der Waals surface area contributed by atoms with Gasteiger partial charge in [0.05, 0.1) is 0 Å². The third-order valence-corrected chi connectivity index (χ3v) is 2.95. The molecular formula is C8H9F7O. The second-order valence-electron chi connectivity index (χ2n) is 3.86. The van der Waals surface area contributed by atoms with E-state index in [0.717, 1.165) is 6.92 Å². The van der Waals surface area contributed by atoms with E-state index in [1.807, 2.05) is 0 Å². The van der Waals surface area contributed by atoms with Gasteiger partial charge in [0.2, 0.25) is 5.60 Å². The molecule has 0 aromatic carbocycles.